The molecule has 0 fully saturated rings. The van der Waals surface area contributed by atoms with Crippen LogP contribution >= 0.6 is 0 Å². The fourth-order valence-electron chi connectivity index (χ4n) is 0.512. The molecule has 0 atom stereocenters. The Morgan fingerprint density at radius 2 is 1.45 bits per heavy atom. The van der Waals surface area contributed by atoms with Crippen LogP contribution in [0.1, 0.15) is 41.5 Å². The monoisotopic (exact) mass is 158 g/mol. The van der Waals surface area contributed by atoms with Gasteiger partial charge in [0.1, 0.15) is 5.60 Å². The normalized spacial score (nSPS) is 12.9. The molecule has 0 aliphatic rings. The largest absolute Gasteiger partial charge is 0.459 e. The van der Waals surface area contributed by atoms with Crippen molar-refractivity contribution in [1.82, 2.24) is 0 Å². The number of ether oxygens (including phenoxy) is 1. The van der Waals surface area contributed by atoms with Gasteiger partial charge in [0, 0.05) is 12.3 Å². The summed E-state index contributed by atoms with van der Waals surface area (Å²) < 4.78 is 5.16. The van der Waals surface area contributed by atoms with Gasteiger partial charge in [0.05, 0.1) is 0 Å². The topological polar surface area (TPSA) is 26.3 Å². The minimum absolute atomic E-state index is 0.0152. The molecule has 2 nitrogen and oxygen atoms in total. The van der Waals surface area contributed by atoms with Crippen molar-refractivity contribution in [2.75, 3.05) is 0 Å². The maximum Gasteiger partial charge on any atom is 0.303 e. The molecule has 11 heavy (non-hydrogen) atoms. The second-order valence-electron chi connectivity index (χ2n) is 4.35. The first-order chi connectivity index (χ1) is 4.67. The average Bonchev–Trinajstić information content (AvgIpc) is 1.56. The zero-order chi connectivity index (χ0) is 9.28. The van der Waals surface area contributed by atoms with E-state index in [0.717, 1.165) is 0 Å². The number of esters is 1. The smallest absolute Gasteiger partial charge is 0.303 e. The Morgan fingerprint density at radius 1 is 1.09 bits per heavy atom. The van der Waals surface area contributed by atoms with Gasteiger partial charge in [-0.3, -0.25) is 4.79 Å². The van der Waals surface area contributed by atoms with Crippen LogP contribution in [-0.4, -0.2) is 11.6 Å². The highest BCUT2D eigenvalue weighted by atomic mass is 16.6. The lowest BCUT2D eigenvalue weighted by atomic mass is 9.79. The van der Waals surface area contributed by atoms with Crippen molar-refractivity contribution in [3.8, 4) is 0 Å². The zero-order valence-corrected chi connectivity index (χ0v) is 8.32. The third-order valence-electron chi connectivity index (χ3n) is 2.21. The van der Waals surface area contributed by atoms with Crippen molar-refractivity contribution in [3.63, 3.8) is 0 Å². The van der Waals surface area contributed by atoms with E-state index in [1.807, 2.05) is 13.8 Å². The lowest BCUT2D eigenvalue weighted by Crippen LogP contribution is -2.40. The quantitative estimate of drug-likeness (QED) is 0.548. The third-order valence-corrected chi connectivity index (χ3v) is 2.21. The van der Waals surface area contributed by atoms with Crippen LogP contribution in [0.3, 0.4) is 0 Å². The van der Waals surface area contributed by atoms with Crippen LogP contribution in [0.2, 0.25) is 0 Å². The highest BCUT2D eigenvalue weighted by molar-refractivity contribution is 5.66. The molecule has 0 radical (unpaired) electrons. The first-order valence-electron chi connectivity index (χ1n) is 3.86. The van der Waals surface area contributed by atoms with Crippen LogP contribution < -0.4 is 0 Å². The van der Waals surface area contributed by atoms with Gasteiger partial charge in [0.25, 0.3) is 0 Å². The molecular formula is C9H18O2. The Balaban J connectivity index is 4.34. The van der Waals surface area contributed by atoms with Gasteiger partial charge in [-0.05, 0) is 13.8 Å². The number of hydrogen-bond acceptors (Lipinski definition) is 2. The molecule has 0 rings (SSSR count). The molecule has 0 unspecified atom stereocenters. The summed E-state index contributed by atoms with van der Waals surface area (Å²) in [5, 5.41) is 0. The molecule has 0 N–H and O–H groups in total. The van der Waals surface area contributed by atoms with Gasteiger partial charge >= 0.3 is 5.97 Å². The Morgan fingerprint density at radius 3 is 1.55 bits per heavy atom. The van der Waals surface area contributed by atoms with Crippen LogP contribution in [0, 0.1) is 5.41 Å². The molecule has 2 heteroatoms. The number of carbonyl (C=O) groups is 1. The van der Waals surface area contributed by atoms with Crippen molar-refractivity contribution < 1.29 is 9.53 Å². The maximum absolute atomic E-state index is 10.7. The molecule has 0 aromatic rings. The Labute approximate surface area is 68.9 Å². The van der Waals surface area contributed by atoms with Crippen molar-refractivity contribution in [1.29, 1.82) is 0 Å². The van der Waals surface area contributed by atoms with E-state index in [4.69, 9.17) is 4.74 Å². The third kappa shape index (κ3) is 2.91. The highest BCUT2D eigenvalue weighted by Gasteiger charge is 2.35. The molecule has 0 aromatic heterocycles. The first-order valence-corrected chi connectivity index (χ1v) is 3.86. The lowest BCUT2D eigenvalue weighted by molar-refractivity contribution is -0.164. The Hall–Kier alpha value is -0.530. The van der Waals surface area contributed by atoms with E-state index in [-0.39, 0.29) is 11.4 Å². The molecule has 0 spiro atoms. The predicted octanol–water partition coefficient (Wildman–Crippen LogP) is 2.37. The van der Waals surface area contributed by atoms with Gasteiger partial charge in [-0.1, -0.05) is 20.8 Å². The maximum atomic E-state index is 10.7. The lowest BCUT2D eigenvalue weighted by Gasteiger charge is -2.37. The highest BCUT2D eigenvalue weighted by Crippen LogP contribution is 2.32. The standard InChI is InChI=1S/C9H18O2/c1-7(10)11-9(5,6)8(2,3)4/h1-6H3. The Bertz CT molecular complexity index is 151. The summed E-state index contributed by atoms with van der Waals surface area (Å²) in [7, 11) is 0. The van der Waals surface area contributed by atoms with Crippen LogP contribution in [-0.2, 0) is 9.53 Å². The summed E-state index contributed by atoms with van der Waals surface area (Å²) >= 11 is 0. The van der Waals surface area contributed by atoms with Crippen molar-refractivity contribution in [2.45, 2.75) is 47.1 Å². The van der Waals surface area contributed by atoms with Crippen molar-refractivity contribution in [2.24, 2.45) is 5.41 Å². The molecular weight excluding hydrogens is 140 g/mol. The fourth-order valence-corrected chi connectivity index (χ4v) is 0.512. The van der Waals surface area contributed by atoms with Crippen molar-refractivity contribution >= 4 is 5.97 Å². The van der Waals surface area contributed by atoms with E-state index >= 15 is 0 Å². The van der Waals surface area contributed by atoms with Crippen LogP contribution in [0.5, 0.6) is 0 Å². The molecule has 0 aliphatic carbocycles. The van der Waals surface area contributed by atoms with Crippen molar-refractivity contribution in [3.05, 3.63) is 0 Å². The van der Waals surface area contributed by atoms with Gasteiger partial charge in [0.2, 0.25) is 0 Å². The molecule has 0 saturated heterocycles. The molecule has 0 aromatic carbocycles. The second-order valence-corrected chi connectivity index (χ2v) is 4.35. The fraction of sp³-hybridized carbons (Fsp3) is 0.889. The zero-order valence-electron chi connectivity index (χ0n) is 8.32. The van der Waals surface area contributed by atoms with Crippen LogP contribution in [0.25, 0.3) is 0 Å². The predicted molar refractivity (Wildman–Crippen MR) is 45.3 cm³/mol. The van der Waals surface area contributed by atoms with Gasteiger partial charge in [-0.15, -0.1) is 0 Å². The molecule has 0 saturated carbocycles. The minimum atomic E-state index is -0.390. The summed E-state index contributed by atoms with van der Waals surface area (Å²) in [6.07, 6.45) is 0. The minimum Gasteiger partial charge on any atom is -0.459 e. The summed E-state index contributed by atoms with van der Waals surface area (Å²) in [5.74, 6) is -0.218. The van der Waals surface area contributed by atoms with E-state index < -0.39 is 5.60 Å². The van der Waals surface area contributed by atoms with E-state index in [1.165, 1.54) is 6.92 Å². The summed E-state index contributed by atoms with van der Waals surface area (Å²) in [4.78, 5) is 10.7. The van der Waals surface area contributed by atoms with E-state index in [2.05, 4.69) is 20.8 Å². The van der Waals surface area contributed by atoms with Gasteiger partial charge in [-0.25, -0.2) is 0 Å². The van der Waals surface area contributed by atoms with E-state index in [0.29, 0.717) is 0 Å². The second kappa shape index (κ2) is 2.84. The van der Waals surface area contributed by atoms with Gasteiger partial charge in [0.15, 0.2) is 0 Å². The Kier molecular flexibility index (Phi) is 2.70. The van der Waals surface area contributed by atoms with Gasteiger partial charge in [-0.2, -0.15) is 0 Å². The molecule has 0 bridgehead atoms. The molecule has 0 heterocycles. The average molecular weight is 158 g/mol. The summed E-state index contributed by atoms with van der Waals surface area (Å²) in [6, 6.07) is 0. The first kappa shape index (κ1) is 10.5. The van der Waals surface area contributed by atoms with Crippen LogP contribution in [0.15, 0.2) is 0 Å². The van der Waals surface area contributed by atoms with E-state index in [1.54, 1.807) is 0 Å². The van der Waals surface area contributed by atoms with E-state index in [9.17, 15) is 4.79 Å². The number of hydrogen-bond donors (Lipinski definition) is 0. The number of carbonyl (C=O) groups excluding carboxylic acids is 1. The van der Waals surface area contributed by atoms with Crippen LogP contribution in [0.4, 0.5) is 0 Å². The van der Waals surface area contributed by atoms with Gasteiger partial charge < -0.3 is 4.74 Å². The summed E-state index contributed by atoms with van der Waals surface area (Å²) in [5.41, 5.74) is -0.405. The SMILES string of the molecule is CC(=O)OC(C)(C)C(C)(C)C. The molecule has 66 valence electrons. The molecule has 0 aliphatic heterocycles. The summed E-state index contributed by atoms with van der Waals surface area (Å²) in [6.45, 7) is 11.4. The number of rotatable bonds is 1. The molecule has 0 amide bonds.